The SMILES string of the molecule is Cc1cc(-c2ncc(Cl)s2)ccc1-c1nccc2cc(S(=O)(=O)Cc3ccncn3)ccc12. The molecule has 0 N–H and O–H groups in total. The summed E-state index contributed by atoms with van der Waals surface area (Å²) in [6.45, 7) is 2.02. The molecular weight excluding hydrogens is 476 g/mol. The Balaban J connectivity index is 1.53. The molecule has 5 rings (SSSR count). The van der Waals surface area contributed by atoms with Crippen molar-refractivity contribution >= 4 is 43.5 Å². The van der Waals surface area contributed by atoms with Gasteiger partial charge in [-0.2, -0.15) is 0 Å². The number of sulfone groups is 1. The highest BCUT2D eigenvalue weighted by Gasteiger charge is 2.18. The van der Waals surface area contributed by atoms with Gasteiger partial charge in [0.1, 0.15) is 15.7 Å². The third kappa shape index (κ3) is 4.37. The zero-order chi connectivity index (χ0) is 23.0. The van der Waals surface area contributed by atoms with E-state index in [1.807, 2.05) is 31.2 Å². The molecule has 9 heteroatoms. The summed E-state index contributed by atoms with van der Waals surface area (Å²) in [5, 5.41) is 2.55. The lowest BCUT2D eigenvalue weighted by Gasteiger charge is -2.11. The van der Waals surface area contributed by atoms with Gasteiger partial charge in [0.15, 0.2) is 9.84 Å². The quantitative estimate of drug-likeness (QED) is 0.310. The first-order chi connectivity index (χ1) is 15.9. The van der Waals surface area contributed by atoms with E-state index >= 15 is 0 Å². The molecule has 0 atom stereocenters. The van der Waals surface area contributed by atoms with Crippen molar-refractivity contribution < 1.29 is 8.42 Å². The minimum absolute atomic E-state index is 0.180. The number of hydrogen-bond donors (Lipinski definition) is 0. The number of thiazole rings is 1. The lowest BCUT2D eigenvalue weighted by Crippen LogP contribution is -2.06. The molecule has 3 heterocycles. The number of halogens is 1. The molecule has 0 radical (unpaired) electrons. The fraction of sp³-hybridized carbons (Fsp3) is 0.0833. The Morgan fingerprint density at radius 3 is 2.58 bits per heavy atom. The summed E-state index contributed by atoms with van der Waals surface area (Å²) in [5.74, 6) is -0.180. The van der Waals surface area contributed by atoms with Crippen LogP contribution in [-0.2, 0) is 15.6 Å². The van der Waals surface area contributed by atoms with Gasteiger partial charge in [0, 0.05) is 28.9 Å². The number of benzene rings is 2. The topological polar surface area (TPSA) is 85.7 Å². The Kier molecular flexibility index (Phi) is 5.65. The Labute approximate surface area is 199 Å². The summed E-state index contributed by atoms with van der Waals surface area (Å²) in [7, 11) is -3.55. The van der Waals surface area contributed by atoms with Crippen LogP contribution in [0.5, 0.6) is 0 Å². The van der Waals surface area contributed by atoms with Gasteiger partial charge in [0.25, 0.3) is 0 Å². The van der Waals surface area contributed by atoms with Gasteiger partial charge in [-0.1, -0.05) is 29.8 Å². The number of fused-ring (bicyclic) bond motifs is 1. The van der Waals surface area contributed by atoms with Gasteiger partial charge >= 0.3 is 0 Å². The average molecular weight is 493 g/mol. The van der Waals surface area contributed by atoms with E-state index in [4.69, 9.17) is 11.6 Å². The molecule has 2 aromatic carbocycles. The fourth-order valence-corrected chi connectivity index (χ4v) is 5.91. The maximum Gasteiger partial charge on any atom is 0.184 e. The van der Waals surface area contributed by atoms with E-state index in [1.165, 1.54) is 23.9 Å². The number of rotatable bonds is 5. The molecule has 0 saturated carbocycles. The van der Waals surface area contributed by atoms with E-state index < -0.39 is 9.84 Å². The molecule has 0 aliphatic carbocycles. The first kappa shape index (κ1) is 21.6. The van der Waals surface area contributed by atoms with Crippen molar-refractivity contribution in [1.29, 1.82) is 0 Å². The second-order valence-corrected chi connectivity index (χ2v) is 11.2. The van der Waals surface area contributed by atoms with E-state index in [0.29, 0.717) is 10.0 Å². The molecule has 0 spiro atoms. The summed E-state index contributed by atoms with van der Waals surface area (Å²) in [4.78, 5) is 17.1. The van der Waals surface area contributed by atoms with Crippen LogP contribution >= 0.6 is 22.9 Å². The van der Waals surface area contributed by atoms with Crippen LogP contribution in [0.15, 0.2) is 78.3 Å². The minimum Gasteiger partial charge on any atom is -0.256 e. The fourth-order valence-electron chi connectivity index (χ4n) is 3.70. The average Bonchev–Trinajstić information content (AvgIpc) is 3.25. The van der Waals surface area contributed by atoms with Crippen molar-refractivity contribution in [3.63, 3.8) is 0 Å². The number of hydrogen-bond acceptors (Lipinski definition) is 7. The third-order valence-electron chi connectivity index (χ3n) is 5.28. The van der Waals surface area contributed by atoms with Gasteiger partial charge < -0.3 is 0 Å². The molecule has 0 bridgehead atoms. The van der Waals surface area contributed by atoms with E-state index in [1.54, 1.807) is 30.6 Å². The van der Waals surface area contributed by atoms with Crippen molar-refractivity contribution in [3.8, 4) is 21.8 Å². The molecule has 0 aliphatic rings. The summed E-state index contributed by atoms with van der Waals surface area (Å²) in [6, 6.07) is 14.6. The van der Waals surface area contributed by atoms with Gasteiger partial charge in [-0.3, -0.25) is 4.98 Å². The molecule has 3 aromatic heterocycles. The lowest BCUT2D eigenvalue weighted by atomic mass is 9.98. The largest absolute Gasteiger partial charge is 0.256 e. The summed E-state index contributed by atoms with van der Waals surface area (Å²) < 4.78 is 26.5. The first-order valence-corrected chi connectivity index (χ1v) is 12.8. The molecular formula is C24H17ClN4O2S2. The summed E-state index contributed by atoms with van der Waals surface area (Å²) >= 11 is 7.46. The smallest absolute Gasteiger partial charge is 0.184 e. The van der Waals surface area contributed by atoms with Crippen LogP contribution in [0.25, 0.3) is 32.6 Å². The second-order valence-electron chi connectivity index (χ2n) is 7.50. The van der Waals surface area contributed by atoms with E-state index in [-0.39, 0.29) is 10.6 Å². The zero-order valence-corrected chi connectivity index (χ0v) is 19.8. The number of aromatic nitrogens is 4. The minimum atomic E-state index is -3.55. The maximum atomic E-state index is 12.9. The van der Waals surface area contributed by atoms with Crippen LogP contribution in [0.4, 0.5) is 0 Å². The van der Waals surface area contributed by atoms with Crippen LogP contribution < -0.4 is 0 Å². The van der Waals surface area contributed by atoms with Crippen molar-refractivity contribution in [2.24, 2.45) is 0 Å². The normalized spacial score (nSPS) is 11.7. The van der Waals surface area contributed by atoms with Crippen LogP contribution in [0.2, 0.25) is 4.34 Å². The van der Waals surface area contributed by atoms with Crippen LogP contribution in [0.1, 0.15) is 11.3 Å². The zero-order valence-electron chi connectivity index (χ0n) is 17.4. The predicted molar refractivity (Wildman–Crippen MR) is 131 cm³/mol. The van der Waals surface area contributed by atoms with E-state index in [9.17, 15) is 8.42 Å². The van der Waals surface area contributed by atoms with Crippen molar-refractivity contribution in [1.82, 2.24) is 19.9 Å². The molecule has 164 valence electrons. The highest BCUT2D eigenvalue weighted by molar-refractivity contribution is 7.90. The number of aryl methyl sites for hydroxylation is 1. The highest BCUT2D eigenvalue weighted by atomic mass is 35.5. The molecule has 5 aromatic rings. The predicted octanol–water partition coefficient (Wildman–Crippen LogP) is 5.75. The van der Waals surface area contributed by atoms with Crippen LogP contribution in [0, 0.1) is 6.92 Å². The number of pyridine rings is 1. The van der Waals surface area contributed by atoms with E-state index in [0.717, 1.165) is 38.2 Å². The molecule has 0 unspecified atom stereocenters. The molecule has 6 nitrogen and oxygen atoms in total. The van der Waals surface area contributed by atoms with Crippen molar-refractivity contribution in [2.75, 3.05) is 0 Å². The van der Waals surface area contributed by atoms with Gasteiger partial charge in [-0.15, -0.1) is 11.3 Å². The van der Waals surface area contributed by atoms with Gasteiger partial charge in [0.05, 0.1) is 28.2 Å². The van der Waals surface area contributed by atoms with Crippen LogP contribution in [0.3, 0.4) is 0 Å². The molecule has 0 saturated heterocycles. The molecule has 0 fully saturated rings. The Morgan fingerprint density at radius 2 is 1.85 bits per heavy atom. The molecule has 33 heavy (non-hydrogen) atoms. The number of nitrogens with zero attached hydrogens (tertiary/aromatic N) is 4. The first-order valence-electron chi connectivity index (χ1n) is 10.00. The van der Waals surface area contributed by atoms with Gasteiger partial charge in [-0.05, 0) is 48.2 Å². The standard InChI is InChI=1S/C24H17ClN4O2S2/c1-15-10-17(24-28-12-22(25)32-24)2-4-20(15)23-21-5-3-19(11-16(21)6-9-27-23)33(30,31)13-18-7-8-26-14-29-18/h2-12,14H,13H2,1H3. The van der Waals surface area contributed by atoms with Gasteiger partial charge in [-0.25, -0.2) is 23.4 Å². The monoisotopic (exact) mass is 492 g/mol. The van der Waals surface area contributed by atoms with Crippen molar-refractivity contribution in [2.45, 2.75) is 17.6 Å². The van der Waals surface area contributed by atoms with Crippen LogP contribution in [-0.4, -0.2) is 28.4 Å². The Hall–Kier alpha value is -3.20. The Bertz CT molecular complexity index is 1590. The van der Waals surface area contributed by atoms with Crippen molar-refractivity contribution in [3.05, 3.63) is 89.0 Å². The van der Waals surface area contributed by atoms with Gasteiger partial charge in [0.2, 0.25) is 0 Å². The van der Waals surface area contributed by atoms with E-state index in [2.05, 4.69) is 26.0 Å². The molecule has 0 aliphatic heterocycles. The second kappa shape index (κ2) is 8.62. The lowest BCUT2D eigenvalue weighted by molar-refractivity contribution is 0.594. The highest BCUT2D eigenvalue weighted by Crippen LogP contribution is 2.34. The third-order valence-corrected chi connectivity index (χ3v) is 8.09. The Morgan fingerprint density at radius 1 is 0.970 bits per heavy atom. The molecule has 0 amide bonds. The summed E-state index contributed by atoms with van der Waals surface area (Å²) in [5.41, 5.74) is 4.26. The maximum absolute atomic E-state index is 12.9. The summed E-state index contributed by atoms with van der Waals surface area (Å²) in [6.07, 6.45) is 6.23.